The standard InChI is InChI=1S/C27H48N2O10/c1-28-7-9-31-11-13-33-15-17-35-19-21-37-23-24-38-22-20-36-18-16-34-14-12-32-10-8-29-27(30)39-25-26-5-3-2-4-6-26/h2-6,28H,7-25H2,1H3,(H,29,30). The highest BCUT2D eigenvalue weighted by Gasteiger charge is 2.01. The molecule has 1 aromatic rings. The zero-order valence-corrected chi connectivity index (χ0v) is 23.4. The summed E-state index contributed by atoms with van der Waals surface area (Å²) in [6.45, 7) is 9.70. The van der Waals surface area contributed by atoms with Crippen LogP contribution in [0.1, 0.15) is 5.56 Å². The predicted octanol–water partition coefficient (Wildman–Crippen LogP) is 1.27. The Morgan fingerprint density at radius 3 is 1.28 bits per heavy atom. The zero-order valence-electron chi connectivity index (χ0n) is 23.4. The van der Waals surface area contributed by atoms with Gasteiger partial charge in [-0.1, -0.05) is 30.3 Å². The number of hydrogen-bond donors (Lipinski definition) is 2. The SMILES string of the molecule is CNCCOCCOCCOCCOCCOCCOCCOCCOCCNC(=O)OCc1ccccc1. The van der Waals surface area contributed by atoms with E-state index in [9.17, 15) is 4.79 Å². The van der Waals surface area contributed by atoms with E-state index in [1.165, 1.54) is 0 Å². The second-order valence-corrected chi connectivity index (χ2v) is 7.99. The summed E-state index contributed by atoms with van der Waals surface area (Å²) in [6, 6.07) is 9.51. The fraction of sp³-hybridized carbons (Fsp3) is 0.741. The van der Waals surface area contributed by atoms with Gasteiger partial charge in [0.1, 0.15) is 6.61 Å². The Kier molecular flexibility index (Phi) is 26.3. The molecule has 2 N–H and O–H groups in total. The van der Waals surface area contributed by atoms with Crippen molar-refractivity contribution < 1.29 is 47.4 Å². The third-order valence-corrected chi connectivity index (χ3v) is 4.83. The number of benzene rings is 1. The number of alkyl carbamates (subject to hydrolysis) is 1. The maximum absolute atomic E-state index is 11.6. The Morgan fingerprint density at radius 1 is 0.538 bits per heavy atom. The minimum absolute atomic E-state index is 0.243. The van der Waals surface area contributed by atoms with E-state index in [0.717, 1.165) is 12.1 Å². The minimum Gasteiger partial charge on any atom is -0.445 e. The molecule has 1 aromatic carbocycles. The van der Waals surface area contributed by atoms with Gasteiger partial charge in [0.25, 0.3) is 0 Å². The van der Waals surface area contributed by atoms with Crippen LogP contribution in [0, 0.1) is 0 Å². The summed E-state index contributed by atoms with van der Waals surface area (Å²) in [7, 11) is 1.89. The van der Waals surface area contributed by atoms with E-state index in [2.05, 4.69) is 10.6 Å². The molecule has 226 valence electrons. The van der Waals surface area contributed by atoms with Gasteiger partial charge < -0.3 is 53.3 Å². The van der Waals surface area contributed by atoms with Crippen molar-refractivity contribution in [1.82, 2.24) is 10.6 Å². The molecule has 0 saturated heterocycles. The van der Waals surface area contributed by atoms with Gasteiger partial charge in [-0.25, -0.2) is 4.79 Å². The lowest BCUT2D eigenvalue weighted by Crippen LogP contribution is -2.28. The Balaban J connectivity index is 1.66. The van der Waals surface area contributed by atoms with Gasteiger partial charge >= 0.3 is 6.09 Å². The molecule has 1 rings (SSSR count). The third-order valence-electron chi connectivity index (χ3n) is 4.83. The van der Waals surface area contributed by atoms with Crippen LogP contribution in [0.5, 0.6) is 0 Å². The summed E-state index contributed by atoms with van der Waals surface area (Å²) < 4.78 is 48.5. The van der Waals surface area contributed by atoms with Crippen molar-refractivity contribution in [1.29, 1.82) is 0 Å². The van der Waals surface area contributed by atoms with E-state index >= 15 is 0 Å². The number of nitrogens with one attached hydrogen (secondary N) is 2. The summed E-state index contributed by atoms with van der Waals surface area (Å²) in [5, 5.41) is 5.65. The van der Waals surface area contributed by atoms with Crippen molar-refractivity contribution in [2.75, 3.05) is 126 Å². The van der Waals surface area contributed by atoms with E-state index in [-0.39, 0.29) is 6.61 Å². The van der Waals surface area contributed by atoms with Crippen molar-refractivity contribution in [3.8, 4) is 0 Å². The van der Waals surface area contributed by atoms with Crippen LogP contribution in [0.15, 0.2) is 30.3 Å². The summed E-state index contributed by atoms with van der Waals surface area (Å²) >= 11 is 0. The fourth-order valence-electron chi connectivity index (χ4n) is 2.82. The number of rotatable bonds is 29. The number of amides is 1. The van der Waals surface area contributed by atoms with Gasteiger partial charge in [0, 0.05) is 13.1 Å². The van der Waals surface area contributed by atoms with Crippen molar-refractivity contribution in [2.24, 2.45) is 0 Å². The number of ether oxygens (including phenoxy) is 9. The Hall–Kier alpha value is -1.87. The molecular weight excluding hydrogens is 512 g/mol. The van der Waals surface area contributed by atoms with Gasteiger partial charge in [0.15, 0.2) is 0 Å². The van der Waals surface area contributed by atoms with Crippen molar-refractivity contribution in [3.63, 3.8) is 0 Å². The molecule has 0 saturated carbocycles. The minimum atomic E-state index is -0.465. The van der Waals surface area contributed by atoms with Gasteiger partial charge in [-0.3, -0.25) is 0 Å². The molecule has 0 aliphatic carbocycles. The number of hydrogen-bond acceptors (Lipinski definition) is 11. The number of carbonyl (C=O) groups is 1. The first-order valence-corrected chi connectivity index (χ1v) is 13.5. The zero-order chi connectivity index (χ0) is 27.9. The molecule has 12 heteroatoms. The Labute approximate surface area is 232 Å². The van der Waals surface area contributed by atoms with Crippen LogP contribution in [-0.2, 0) is 49.2 Å². The van der Waals surface area contributed by atoms with Gasteiger partial charge in [-0.15, -0.1) is 0 Å². The third kappa shape index (κ3) is 26.1. The van der Waals surface area contributed by atoms with Crippen LogP contribution in [0.4, 0.5) is 4.79 Å². The van der Waals surface area contributed by atoms with Crippen LogP contribution >= 0.6 is 0 Å². The smallest absolute Gasteiger partial charge is 0.407 e. The van der Waals surface area contributed by atoms with E-state index < -0.39 is 6.09 Å². The average Bonchev–Trinajstić information content (AvgIpc) is 2.96. The first-order valence-electron chi connectivity index (χ1n) is 13.5. The molecule has 0 atom stereocenters. The summed E-state index contributed by atoms with van der Waals surface area (Å²) in [5.74, 6) is 0. The topological polar surface area (TPSA) is 124 Å². The van der Waals surface area contributed by atoms with Crippen molar-refractivity contribution in [3.05, 3.63) is 35.9 Å². The normalized spacial score (nSPS) is 11.1. The quantitative estimate of drug-likeness (QED) is 0.138. The lowest BCUT2D eigenvalue weighted by molar-refractivity contribution is -0.0229. The Morgan fingerprint density at radius 2 is 0.897 bits per heavy atom. The molecule has 1 amide bonds. The van der Waals surface area contributed by atoms with Gasteiger partial charge in [-0.05, 0) is 12.6 Å². The van der Waals surface area contributed by atoms with E-state index in [4.69, 9.17) is 42.6 Å². The summed E-state index contributed by atoms with van der Waals surface area (Å²) in [6.07, 6.45) is -0.465. The van der Waals surface area contributed by atoms with Gasteiger partial charge in [-0.2, -0.15) is 0 Å². The Bertz CT molecular complexity index is 642. The monoisotopic (exact) mass is 560 g/mol. The lowest BCUT2D eigenvalue weighted by atomic mass is 10.2. The molecule has 0 bridgehead atoms. The van der Waals surface area contributed by atoms with E-state index in [1.54, 1.807) is 0 Å². The van der Waals surface area contributed by atoms with Crippen LogP contribution < -0.4 is 10.6 Å². The maximum atomic E-state index is 11.6. The molecular formula is C27H48N2O10. The predicted molar refractivity (Wildman–Crippen MR) is 145 cm³/mol. The highest BCUT2D eigenvalue weighted by Crippen LogP contribution is 2.00. The molecule has 0 aliphatic heterocycles. The van der Waals surface area contributed by atoms with E-state index in [1.807, 2.05) is 37.4 Å². The summed E-state index contributed by atoms with van der Waals surface area (Å²) in [5.41, 5.74) is 0.941. The summed E-state index contributed by atoms with van der Waals surface area (Å²) in [4.78, 5) is 11.6. The molecule has 39 heavy (non-hydrogen) atoms. The number of likely N-dealkylation sites (N-methyl/N-ethyl adjacent to an activating group) is 1. The van der Waals surface area contributed by atoms with Gasteiger partial charge in [0.05, 0.1) is 106 Å². The first-order chi connectivity index (χ1) is 19.3. The van der Waals surface area contributed by atoms with Crippen LogP contribution in [-0.4, -0.2) is 132 Å². The largest absolute Gasteiger partial charge is 0.445 e. The van der Waals surface area contributed by atoms with Gasteiger partial charge in [0.2, 0.25) is 0 Å². The van der Waals surface area contributed by atoms with Crippen LogP contribution in [0.2, 0.25) is 0 Å². The first kappa shape index (κ1) is 35.2. The lowest BCUT2D eigenvalue weighted by Gasteiger charge is -2.09. The second kappa shape index (κ2) is 29.1. The highest BCUT2D eigenvalue weighted by atomic mass is 16.6. The van der Waals surface area contributed by atoms with E-state index in [0.29, 0.717) is 112 Å². The maximum Gasteiger partial charge on any atom is 0.407 e. The molecule has 12 nitrogen and oxygen atoms in total. The molecule has 0 heterocycles. The molecule has 0 unspecified atom stereocenters. The second-order valence-electron chi connectivity index (χ2n) is 7.99. The fourth-order valence-corrected chi connectivity index (χ4v) is 2.82. The van der Waals surface area contributed by atoms with Crippen LogP contribution in [0.25, 0.3) is 0 Å². The molecule has 0 spiro atoms. The molecule has 0 aromatic heterocycles. The van der Waals surface area contributed by atoms with Crippen molar-refractivity contribution in [2.45, 2.75) is 6.61 Å². The molecule has 0 radical (unpaired) electrons. The average molecular weight is 561 g/mol. The molecule has 0 aliphatic rings. The highest BCUT2D eigenvalue weighted by molar-refractivity contribution is 5.67. The molecule has 0 fully saturated rings. The van der Waals surface area contributed by atoms with Crippen molar-refractivity contribution >= 4 is 6.09 Å². The number of carbonyl (C=O) groups excluding carboxylic acids is 1. The van der Waals surface area contributed by atoms with Crippen LogP contribution in [0.3, 0.4) is 0 Å².